The number of amides is 1. The summed E-state index contributed by atoms with van der Waals surface area (Å²) >= 11 is 0. The Morgan fingerprint density at radius 2 is 1.66 bits per heavy atom. The van der Waals surface area contributed by atoms with Crippen molar-refractivity contribution in [2.45, 2.75) is 39.7 Å². The molecule has 0 spiro atoms. The number of rotatable bonds is 10. The molecule has 1 unspecified atom stereocenters. The van der Waals surface area contributed by atoms with Crippen molar-refractivity contribution in [3.8, 4) is 11.5 Å². The summed E-state index contributed by atoms with van der Waals surface area (Å²) < 4.78 is 36.9. The number of carbonyl (C=O) groups excluding carboxylic acids is 2. The molecule has 1 atom stereocenters. The summed E-state index contributed by atoms with van der Waals surface area (Å²) in [6.45, 7) is 6.81. The number of hydrogen-bond acceptors (Lipinski definition) is 7. The van der Waals surface area contributed by atoms with Crippen LogP contribution in [0.5, 0.6) is 11.5 Å². The van der Waals surface area contributed by atoms with E-state index in [2.05, 4.69) is 0 Å². The van der Waals surface area contributed by atoms with Crippen molar-refractivity contribution in [1.82, 2.24) is 0 Å². The number of halogens is 1. The molecule has 1 aliphatic rings. The third kappa shape index (κ3) is 5.27. The van der Waals surface area contributed by atoms with Gasteiger partial charge in [-0.15, -0.1) is 0 Å². The lowest BCUT2D eigenvalue weighted by Gasteiger charge is -2.26. The fraction of sp³-hybridized carbons (Fsp3) is 0.281. The standard InChI is InChI=1S/C32H30FNO7/c1-4-7-16-40-32(37)19-8-12-22(13-9-19)34-28(20-10-14-25(38-5-2)26(17-20)39-6-3)27-29(35)23-18-21(33)11-15-24(23)41-30(27)31(34)36/h8-15,17-18,28H,4-7,16H2,1-3H3. The van der Waals surface area contributed by atoms with Crippen LogP contribution in [0.1, 0.15) is 71.7 Å². The summed E-state index contributed by atoms with van der Waals surface area (Å²) in [7, 11) is 0. The number of anilines is 1. The van der Waals surface area contributed by atoms with E-state index in [0.29, 0.717) is 48.1 Å². The molecule has 0 radical (unpaired) electrons. The summed E-state index contributed by atoms with van der Waals surface area (Å²) in [6.07, 6.45) is 1.66. The molecule has 0 bridgehead atoms. The average molecular weight is 560 g/mol. The first kappa shape index (κ1) is 27.9. The van der Waals surface area contributed by atoms with Crippen molar-refractivity contribution in [1.29, 1.82) is 0 Å². The number of esters is 1. The molecule has 9 heteroatoms. The van der Waals surface area contributed by atoms with Gasteiger partial charge in [-0.05, 0) is 80.4 Å². The molecule has 0 N–H and O–H groups in total. The van der Waals surface area contributed by atoms with E-state index in [-0.39, 0.29) is 22.3 Å². The second-order valence-electron chi connectivity index (χ2n) is 9.50. The highest BCUT2D eigenvalue weighted by molar-refractivity contribution is 6.10. The molecule has 0 aliphatic carbocycles. The zero-order valence-corrected chi connectivity index (χ0v) is 23.1. The van der Waals surface area contributed by atoms with E-state index in [1.165, 1.54) is 17.0 Å². The lowest BCUT2D eigenvalue weighted by molar-refractivity contribution is 0.0499. The van der Waals surface area contributed by atoms with Gasteiger partial charge in [0.25, 0.3) is 5.91 Å². The predicted molar refractivity (Wildman–Crippen MR) is 152 cm³/mol. The van der Waals surface area contributed by atoms with Crippen molar-refractivity contribution in [2.75, 3.05) is 24.7 Å². The van der Waals surface area contributed by atoms with Crippen molar-refractivity contribution < 1.29 is 32.6 Å². The van der Waals surface area contributed by atoms with Gasteiger partial charge in [0, 0.05) is 5.69 Å². The fourth-order valence-electron chi connectivity index (χ4n) is 4.92. The number of carbonyl (C=O) groups is 2. The van der Waals surface area contributed by atoms with Crippen LogP contribution >= 0.6 is 0 Å². The maximum absolute atomic E-state index is 14.1. The summed E-state index contributed by atoms with van der Waals surface area (Å²) in [6, 6.07) is 14.3. The Morgan fingerprint density at radius 1 is 0.927 bits per heavy atom. The Labute approximate surface area is 236 Å². The van der Waals surface area contributed by atoms with Gasteiger partial charge in [-0.25, -0.2) is 9.18 Å². The van der Waals surface area contributed by atoms with Crippen LogP contribution in [-0.4, -0.2) is 31.7 Å². The van der Waals surface area contributed by atoms with E-state index in [4.69, 9.17) is 18.6 Å². The minimum Gasteiger partial charge on any atom is -0.490 e. The van der Waals surface area contributed by atoms with Gasteiger partial charge in [-0.2, -0.15) is 0 Å². The topological polar surface area (TPSA) is 95.3 Å². The van der Waals surface area contributed by atoms with Gasteiger partial charge in [0.05, 0.1) is 42.4 Å². The minimum absolute atomic E-state index is 0.0320. The SMILES string of the molecule is CCCCOC(=O)c1ccc(N2C(=O)c3oc4ccc(F)cc4c(=O)c3C2c2ccc(OCC)c(OCC)c2)cc1. The van der Waals surface area contributed by atoms with Crippen LogP contribution in [0.2, 0.25) is 0 Å². The van der Waals surface area contributed by atoms with Crippen molar-refractivity contribution >= 4 is 28.5 Å². The minimum atomic E-state index is -0.918. The monoisotopic (exact) mass is 559 g/mol. The maximum atomic E-state index is 14.1. The van der Waals surface area contributed by atoms with Gasteiger partial charge in [-0.1, -0.05) is 19.4 Å². The van der Waals surface area contributed by atoms with E-state index in [1.807, 2.05) is 20.8 Å². The van der Waals surface area contributed by atoms with Crippen LogP contribution < -0.4 is 19.8 Å². The third-order valence-corrected chi connectivity index (χ3v) is 6.83. The molecular formula is C32H30FNO7. The van der Waals surface area contributed by atoms with Crippen molar-refractivity contribution in [3.05, 3.63) is 99.2 Å². The summed E-state index contributed by atoms with van der Waals surface area (Å²) in [4.78, 5) is 41.6. The van der Waals surface area contributed by atoms with Crippen LogP contribution in [-0.2, 0) is 4.74 Å². The second kappa shape index (κ2) is 11.8. The molecule has 0 fully saturated rings. The predicted octanol–water partition coefficient (Wildman–Crippen LogP) is 6.44. The van der Waals surface area contributed by atoms with E-state index < -0.39 is 29.2 Å². The van der Waals surface area contributed by atoms with Gasteiger partial charge in [0.2, 0.25) is 5.76 Å². The highest BCUT2D eigenvalue weighted by atomic mass is 19.1. The van der Waals surface area contributed by atoms with Gasteiger partial charge in [0.1, 0.15) is 11.4 Å². The number of fused-ring (bicyclic) bond motifs is 2. The number of unbranched alkanes of at least 4 members (excludes halogenated alkanes) is 1. The number of hydrogen-bond donors (Lipinski definition) is 0. The molecule has 8 nitrogen and oxygen atoms in total. The molecule has 4 aromatic rings. The van der Waals surface area contributed by atoms with Crippen LogP contribution in [0, 0.1) is 5.82 Å². The largest absolute Gasteiger partial charge is 0.490 e. The summed E-state index contributed by atoms with van der Waals surface area (Å²) in [5.74, 6) is -0.756. The highest BCUT2D eigenvalue weighted by Gasteiger charge is 2.44. The number of nitrogens with zero attached hydrogens (tertiary/aromatic N) is 1. The lowest BCUT2D eigenvalue weighted by Crippen LogP contribution is -2.29. The fourth-order valence-corrected chi connectivity index (χ4v) is 4.92. The van der Waals surface area contributed by atoms with E-state index in [0.717, 1.165) is 18.9 Å². The Hall–Kier alpha value is -4.66. The first-order valence-electron chi connectivity index (χ1n) is 13.6. The van der Waals surface area contributed by atoms with Crippen LogP contribution in [0.25, 0.3) is 11.0 Å². The van der Waals surface area contributed by atoms with Crippen molar-refractivity contribution in [3.63, 3.8) is 0 Å². The maximum Gasteiger partial charge on any atom is 0.338 e. The summed E-state index contributed by atoms with van der Waals surface area (Å²) in [5, 5.41) is 0.0320. The lowest BCUT2D eigenvalue weighted by atomic mass is 9.97. The Kier molecular flexibility index (Phi) is 8.05. The number of benzene rings is 3. The zero-order valence-electron chi connectivity index (χ0n) is 23.1. The molecule has 2 heterocycles. The molecule has 1 aromatic heterocycles. The third-order valence-electron chi connectivity index (χ3n) is 6.83. The molecule has 3 aromatic carbocycles. The molecule has 1 aliphatic heterocycles. The smallest absolute Gasteiger partial charge is 0.338 e. The Balaban J connectivity index is 1.65. The molecule has 41 heavy (non-hydrogen) atoms. The van der Waals surface area contributed by atoms with Crippen LogP contribution in [0.15, 0.2) is 69.9 Å². The van der Waals surface area contributed by atoms with Gasteiger partial charge in [0.15, 0.2) is 16.9 Å². The van der Waals surface area contributed by atoms with Crippen molar-refractivity contribution in [2.24, 2.45) is 0 Å². The Bertz CT molecular complexity index is 1660. The molecule has 212 valence electrons. The number of ether oxygens (including phenoxy) is 3. The van der Waals surface area contributed by atoms with E-state index in [1.54, 1.807) is 42.5 Å². The highest BCUT2D eigenvalue weighted by Crippen LogP contribution is 2.43. The molecule has 0 saturated heterocycles. The second-order valence-corrected chi connectivity index (χ2v) is 9.50. The molecule has 5 rings (SSSR count). The molecule has 0 saturated carbocycles. The first-order valence-corrected chi connectivity index (χ1v) is 13.6. The molecule has 1 amide bonds. The first-order chi connectivity index (χ1) is 19.9. The normalized spacial score (nSPS) is 14.3. The quantitative estimate of drug-likeness (QED) is 0.163. The summed E-state index contributed by atoms with van der Waals surface area (Å²) in [5.41, 5.74) is 1.01. The Morgan fingerprint density at radius 3 is 2.37 bits per heavy atom. The zero-order chi connectivity index (χ0) is 29.1. The average Bonchev–Trinajstić information content (AvgIpc) is 3.27. The van der Waals surface area contributed by atoms with E-state index in [9.17, 15) is 18.8 Å². The van der Waals surface area contributed by atoms with Gasteiger partial charge >= 0.3 is 5.97 Å². The van der Waals surface area contributed by atoms with Crippen LogP contribution in [0.3, 0.4) is 0 Å². The van der Waals surface area contributed by atoms with Gasteiger partial charge < -0.3 is 18.6 Å². The molecular weight excluding hydrogens is 529 g/mol. The van der Waals surface area contributed by atoms with Crippen LogP contribution in [0.4, 0.5) is 10.1 Å². The van der Waals surface area contributed by atoms with E-state index >= 15 is 0 Å². The van der Waals surface area contributed by atoms with Gasteiger partial charge in [-0.3, -0.25) is 14.5 Å².